The number of hydrogen-bond donors (Lipinski definition) is 2. The molecule has 2 aromatic carbocycles. The lowest BCUT2D eigenvalue weighted by molar-refractivity contribution is 0.108. The van der Waals surface area contributed by atoms with Gasteiger partial charge in [-0.15, -0.1) is 0 Å². The lowest BCUT2D eigenvalue weighted by Gasteiger charge is -2.09. The third-order valence-corrected chi connectivity index (χ3v) is 5.03. The Hall–Kier alpha value is -2.78. The van der Waals surface area contributed by atoms with Crippen LogP contribution < -0.4 is 19.5 Å². The Bertz CT molecular complexity index is 925. The number of urea groups is 1. The van der Waals surface area contributed by atoms with Crippen LogP contribution in [0.15, 0.2) is 42.5 Å². The molecule has 26 heavy (non-hydrogen) atoms. The lowest BCUT2D eigenvalue weighted by atomic mass is 10.2. The Morgan fingerprint density at radius 3 is 2.58 bits per heavy atom. The molecule has 0 saturated heterocycles. The van der Waals surface area contributed by atoms with Gasteiger partial charge in [0.1, 0.15) is 0 Å². The smallest absolute Gasteiger partial charge is 0.331 e. The van der Waals surface area contributed by atoms with E-state index >= 15 is 0 Å². The van der Waals surface area contributed by atoms with Crippen molar-refractivity contribution >= 4 is 49.8 Å². The maximum absolute atomic E-state index is 12.2. The highest BCUT2D eigenvalue weighted by Crippen LogP contribution is 2.29. The number of nitrogens with one attached hydrogen (secondary N) is 2. The highest BCUT2D eigenvalue weighted by molar-refractivity contribution is 8.12. The molecule has 3 aromatic rings. The van der Waals surface area contributed by atoms with Gasteiger partial charge in [-0.25, -0.2) is 9.78 Å². The van der Waals surface area contributed by atoms with Crippen molar-refractivity contribution in [2.24, 2.45) is 0 Å². The van der Waals surface area contributed by atoms with E-state index in [0.29, 0.717) is 34.1 Å². The molecule has 0 fully saturated rings. The van der Waals surface area contributed by atoms with Crippen molar-refractivity contribution < 1.29 is 19.1 Å². The minimum Gasteiger partial charge on any atom is -0.493 e. The Labute approximate surface area is 157 Å². The number of anilines is 1. The van der Waals surface area contributed by atoms with Crippen molar-refractivity contribution in [2.75, 3.05) is 19.5 Å². The van der Waals surface area contributed by atoms with Crippen LogP contribution in [0.5, 0.6) is 11.5 Å². The maximum atomic E-state index is 12.2. The molecular weight excluding hydrogens is 374 g/mol. The van der Waals surface area contributed by atoms with Gasteiger partial charge in [0.25, 0.3) is 0 Å². The van der Waals surface area contributed by atoms with E-state index in [1.54, 1.807) is 18.2 Å². The van der Waals surface area contributed by atoms with E-state index in [0.717, 1.165) is 10.2 Å². The Balaban J connectivity index is 1.59. The van der Waals surface area contributed by atoms with E-state index < -0.39 is 6.03 Å². The number of para-hydroxylation sites is 1. The molecule has 0 aliphatic carbocycles. The summed E-state index contributed by atoms with van der Waals surface area (Å²) in [4.78, 5) is 28.5. The number of benzene rings is 2. The summed E-state index contributed by atoms with van der Waals surface area (Å²) in [6.07, 6.45) is 0. The number of ether oxygens (including phenoxy) is 2. The van der Waals surface area contributed by atoms with Crippen LogP contribution in [0, 0.1) is 0 Å². The fourth-order valence-electron chi connectivity index (χ4n) is 2.16. The van der Waals surface area contributed by atoms with E-state index in [1.807, 2.05) is 24.3 Å². The minimum absolute atomic E-state index is 0.328. The van der Waals surface area contributed by atoms with Gasteiger partial charge in [0.05, 0.1) is 24.4 Å². The van der Waals surface area contributed by atoms with Gasteiger partial charge in [-0.05, 0) is 30.3 Å². The van der Waals surface area contributed by atoms with E-state index in [2.05, 4.69) is 15.0 Å². The molecule has 9 heteroatoms. The molecule has 0 bridgehead atoms. The lowest BCUT2D eigenvalue weighted by Crippen LogP contribution is -2.24. The van der Waals surface area contributed by atoms with Crippen molar-refractivity contribution in [1.29, 1.82) is 0 Å². The first-order chi connectivity index (χ1) is 12.6. The fourth-order valence-corrected chi connectivity index (χ4v) is 3.51. The first kappa shape index (κ1) is 18.0. The first-order valence-corrected chi connectivity index (χ1v) is 9.10. The molecule has 0 atom stereocenters. The molecule has 0 spiro atoms. The monoisotopic (exact) mass is 389 g/mol. The summed E-state index contributed by atoms with van der Waals surface area (Å²) >= 11 is 2.03. The number of rotatable bonds is 4. The number of nitrogens with zero attached hydrogens (tertiary/aromatic N) is 1. The highest BCUT2D eigenvalue weighted by Gasteiger charge is 2.14. The summed E-state index contributed by atoms with van der Waals surface area (Å²) in [6.45, 7) is 0. The normalized spacial score (nSPS) is 10.4. The molecular formula is C17H15N3O4S2. The molecule has 1 aromatic heterocycles. The third-order valence-electron chi connectivity index (χ3n) is 3.37. The molecule has 134 valence electrons. The molecule has 0 aliphatic rings. The summed E-state index contributed by atoms with van der Waals surface area (Å²) in [5.74, 6) is 0.966. The zero-order valence-corrected chi connectivity index (χ0v) is 15.6. The number of aromatic nitrogens is 1. The zero-order valence-electron chi connectivity index (χ0n) is 13.9. The van der Waals surface area contributed by atoms with Crippen molar-refractivity contribution in [3.8, 4) is 11.5 Å². The predicted octanol–water partition coefficient (Wildman–Crippen LogP) is 3.92. The second-order valence-electron chi connectivity index (χ2n) is 5.00. The third kappa shape index (κ3) is 4.06. The number of methoxy groups -OCH3 is 2. The number of hydrogen-bond acceptors (Lipinski definition) is 7. The van der Waals surface area contributed by atoms with Crippen molar-refractivity contribution in [3.05, 3.63) is 48.0 Å². The fraction of sp³-hybridized carbons (Fsp3) is 0.118. The highest BCUT2D eigenvalue weighted by atomic mass is 32.2. The standard InChI is InChI=1S/C17H15N3O4S2/c1-23-12-8-7-10(9-13(12)24-2)15(21)26-20-16(22)19-17-18-11-5-3-4-6-14(11)25-17/h3-9H,1-2H3,(H2,18,19,20,22). The van der Waals surface area contributed by atoms with Gasteiger partial charge in [0.2, 0.25) is 5.12 Å². The number of amides is 2. The van der Waals surface area contributed by atoms with Crippen LogP contribution in [0.25, 0.3) is 10.2 Å². The molecule has 0 saturated carbocycles. The van der Waals surface area contributed by atoms with Gasteiger partial charge in [0, 0.05) is 17.5 Å². The number of fused-ring (bicyclic) bond motifs is 1. The summed E-state index contributed by atoms with van der Waals surface area (Å²) in [5.41, 5.74) is 1.19. The van der Waals surface area contributed by atoms with Crippen molar-refractivity contribution in [1.82, 2.24) is 9.71 Å². The van der Waals surface area contributed by atoms with E-state index in [1.165, 1.54) is 25.6 Å². The summed E-state index contributed by atoms with van der Waals surface area (Å²) in [6, 6.07) is 11.8. The average Bonchev–Trinajstić information content (AvgIpc) is 3.07. The predicted molar refractivity (Wildman–Crippen MR) is 103 cm³/mol. The van der Waals surface area contributed by atoms with Crippen LogP contribution in [0.1, 0.15) is 10.4 Å². The van der Waals surface area contributed by atoms with E-state index in [-0.39, 0.29) is 5.12 Å². The quantitative estimate of drug-likeness (QED) is 0.658. The average molecular weight is 389 g/mol. The number of thiazole rings is 1. The molecule has 1 heterocycles. The molecule has 2 amide bonds. The van der Waals surface area contributed by atoms with Gasteiger partial charge >= 0.3 is 6.03 Å². The molecule has 2 N–H and O–H groups in total. The van der Waals surface area contributed by atoms with Crippen molar-refractivity contribution in [3.63, 3.8) is 0 Å². The minimum atomic E-state index is -0.525. The second-order valence-corrected chi connectivity index (χ2v) is 6.81. The van der Waals surface area contributed by atoms with Crippen LogP contribution in [0.2, 0.25) is 0 Å². The summed E-state index contributed by atoms with van der Waals surface area (Å²) in [7, 11) is 3.00. The molecule has 7 nitrogen and oxygen atoms in total. The van der Waals surface area contributed by atoms with Crippen molar-refractivity contribution in [2.45, 2.75) is 0 Å². The van der Waals surface area contributed by atoms with Crippen LogP contribution >= 0.6 is 23.3 Å². The molecule has 0 unspecified atom stereocenters. The van der Waals surface area contributed by atoms with Gasteiger partial charge in [-0.3, -0.25) is 14.8 Å². The second kappa shape index (κ2) is 8.07. The summed E-state index contributed by atoms with van der Waals surface area (Å²) in [5, 5.41) is 2.75. The SMILES string of the molecule is COc1ccc(C(=O)SNC(=O)Nc2nc3ccccc3s2)cc1OC. The maximum Gasteiger partial charge on any atom is 0.331 e. The molecule has 0 aliphatic heterocycles. The van der Waals surface area contributed by atoms with Crippen LogP contribution in [0.3, 0.4) is 0 Å². The Kier molecular flexibility index (Phi) is 5.59. The van der Waals surface area contributed by atoms with E-state index in [9.17, 15) is 9.59 Å². The largest absolute Gasteiger partial charge is 0.493 e. The van der Waals surface area contributed by atoms with Crippen LogP contribution in [-0.2, 0) is 0 Å². The zero-order chi connectivity index (χ0) is 18.5. The Morgan fingerprint density at radius 2 is 1.85 bits per heavy atom. The number of carbonyl (C=O) groups excluding carboxylic acids is 2. The summed E-state index contributed by atoms with van der Waals surface area (Å²) < 4.78 is 13.7. The van der Waals surface area contributed by atoms with Crippen LogP contribution in [-0.4, -0.2) is 30.3 Å². The van der Waals surface area contributed by atoms with Crippen LogP contribution in [0.4, 0.5) is 9.93 Å². The Morgan fingerprint density at radius 1 is 1.08 bits per heavy atom. The van der Waals surface area contributed by atoms with Gasteiger partial charge in [-0.2, -0.15) is 0 Å². The van der Waals surface area contributed by atoms with Gasteiger partial charge < -0.3 is 9.47 Å². The molecule has 0 radical (unpaired) electrons. The first-order valence-electron chi connectivity index (χ1n) is 7.46. The van der Waals surface area contributed by atoms with Gasteiger partial charge in [0.15, 0.2) is 16.6 Å². The topological polar surface area (TPSA) is 89.5 Å². The molecule has 3 rings (SSSR count). The van der Waals surface area contributed by atoms with E-state index in [4.69, 9.17) is 9.47 Å². The van der Waals surface area contributed by atoms with Gasteiger partial charge in [-0.1, -0.05) is 23.5 Å². The number of carbonyl (C=O) groups is 2.